The van der Waals surface area contributed by atoms with Gasteiger partial charge in [-0.25, -0.2) is 0 Å². The average Bonchev–Trinajstić information content (AvgIpc) is 2.55. The lowest BCUT2D eigenvalue weighted by Crippen LogP contribution is -2.41. The molecule has 2 nitrogen and oxygen atoms in total. The fraction of sp³-hybridized carbons (Fsp3) is 1.00. The van der Waals surface area contributed by atoms with E-state index in [4.69, 9.17) is 0 Å². The Balaban J connectivity index is 2.26. The summed E-state index contributed by atoms with van der Waals surface area (Å²) in [6, 6.07) is 1.44. The van der Waals surface area contributed by atoms with E-state index >= 15 is 0 Å². The molecule has 0 bridgehead atoms. The van der Waals surface area contributed by atoms with Gasteiger partial charge in [-0.2, -0.15) is 0 Å². The molecule has 1 N–H and O–H groups in total. The molecule has 1 saturated heterocycles. The van der Waals surface area contributed by atoms with Crippen molar-refractivity contribution in [1.29, 1.82) is 0 Å². The van der Waals surface area contributed by atoms with Gasteiger partial charge in [-0.15, -0.1) is 0 Å². The van der Waals surface area contributed by atoms with E-state index in [0.29, 0.717) is 6.04 Å². The molecule has 13 heavy (non-hydrogen) atoms. The Morgan fingerprint density at radius 2 is 2.08 bits per heavy atom. The third kappa shape index (κ3) is 3.28. The van der Waals surface area contributed by atoms with Crippen molar-refractivity contribution in [1.82, 2.24) is 10.2 Å². The maximum atomic E-state index is 3.54. The monoisotopic (exact) mass is 184 g/mol. The lowest BCUT2D eigenvalue weighted by atomic mass is 10.0. The van der Waals surface area contributed by atoms with Crippen molar-refractivity contribution >= 4 is 0 Å². The van der Waals surface area contributed by atoms with Crippen molar-refractivity contribution in [2.24, 2.45) is 5.92 Å². The molecule has 78 valence electrons. The molecule has 1 aliphatic heterocycles. The molecule has 0 amide bonds. The molecule has 2 atom stereocenters. The fourth-order valence-corrected chi connectivity index (χ4v) is 1.94. The van der Waals surface area contributed by atoms with Gasteiger partial charge in [0, 0.05) is 18.6 Å². The minimum Gasteiger partial charge on any atom is -0.313 e. The Morgan fingerprint density at radius 1 is 1.38 bits per heavy atom. The van der Waals surface area contributed by atoms with Crippen molar-refractivity contribution in [2.45, 2.75) is 45.7 Å². The fourth-order valence-electron chi connectivity index (χ4n) is 1.94. The molecule has 1 aliphatic rings. The molecule has 0 aliphatic carbocycles. The van der Waals surface area contributed by atoms with E-state index in [0.717, 1.165) is 12.0 Å². The highest BCUT2D eigenvalue weighted by Gasteiger charge is 2.19. The van der Waals surface area contributed by atoms with Gasteiger partial charge < -0.3 is 10.2 Å². The number of hydrogen-bond acceptors (Lipinski definition) is 2. The largest absolute Gasteiger partial charge is 0.313 e. The number of nitrogens with one attached hydrogen (secondary N) is 1. The zero-order valence-electron chi connectivity index (χ0n) is 9.51. The summed E-state index contributed by atoms with van der Waals surface area (Å²) in [5.41, 5.74) is 0. The summed E-state index contributed by atoms with van der Waals surface area (Å²) >= 11 is 0. The highest BCUT2D eigenvalue weighted by atomic mass is 15.2. The summed E-state index contributed by atoms with van der Waals surface area (Å²) in [7, 11) is 2.24. The first-order valence-corrected chi connectivity index (χ1v) is 5.55. The van der Waals surface area contributed by atoms with Crippen molar-refractivity contribution in [2.75, 3.05) is 20.1 Å². The van der Waals surface area contributed by atoms with Crippen LogP contribution in [0, 0.1) is 5.92 Å². The molecule has 0 aromatic carbocycles. The summed E-state index contributed by atoms with van der Waals surface area (Å²) in [4.78, 5) is 2.48. The highest BCUT2D eigenvalue weighted by Crippen LogP contribution is 2.11. The maximum Gasteiger partial charge on any atom is 0.0195 e. The normalized spacial score (nSPS) is 25.8. The van der Waals surface area contributed by atoms with Gasteiger partial charge in [0.1, 0.15) is 0 Å². The van der Waals surface area contributed by atoms with Gasteiger partial charge in [0.2, 0.25) is 0 Å². The third-order valence-corrected chi connectivity index (χ3v) is 3.33. The lowest BCUT2D eigenvalue weighted by molar-refractivity contribution is 0.192. The van der Waals surface area contributed by atoms with Crippen LogP contribution in [0.3, 0.4) is 0 Å². The van der Waals surface area contributed by atoms with Gasteiger partial charge in [-0.05, 0) is 39.3 Å². The molecule has 0 aromatic heterocycles. The average molecular weight is 184 g/mol. The predicted octanol–water partition coefficient (Wildman–Crippen LogP) is 1.71. The van der Waals surface area contributed by atoms with Crippen LogP contribution in [0.2, 0.25) is 0 Å². The molecule has 1 fully saturated rings. The third-order valence-electron chi connectivity index (χ3n) is 3.33. The van der Waals surface area contributed by atoms with Crippen LogP contribution < -0.4 is 5.32 Å². The molecule has 0 aromatic rings. The number of likely N-dealkylation sites (N-methyl/N-ethyl adjacent to an activating group) is 1. The number of nitrogens with zero attached hydrogens (tertiary/aromatic N) is 1. The first-order chi connectivity index (χ1) is 6.11. The summed E-state index contributed by atoms with van der Waals surface area (Å²) < 4.78 is 0. The highest BCUT2D eigenvalue weighted by molar-refractivity contribution is 4.79. The van der Waals surface area contributed by atoms with Crippen LogP contribution in [0.1, 0.15) is 33.6 Å². The van der Waals surface area contributed by atoms with E-state index < -0.39 is 0 Å². The molecule has 1 rings (SSSR count). The quantitative estimate of drug-likeness (QED) is 0.715. The first kappa shape index (κ1) is 11.0. The van der Waals surface area contributed by atoms with Crippen LogP contribution in [-0.4, -0.2) is 37.1 Å². The van der Waals surface area contributed by atoms with Gasteiger partial charge in [-0.1, -0.05) is 13.8 Å². The second-order valence-corrected chi connectivity index (χ2v) is 4.72. The molecule has 0 radical (unpaired) electrons. The van der Waals surface area contributed by atoms with Gasteiger partial charge in [0.05, 0.1) is 0 Å². The summed E-state index contributed by atoms with van der Waals surface area (Å²) in [5, 5.41) is 3.54. The SMILES string of the molecule is CC(C)C(C)N(C)C[C@H]1CCCN1. The smallest absolute Gasteiger partial charge is 0.0195 e. The van der Waals surface area contributed by atoms with Gasteiger partial charge in [0.15, 0.2) is 0 Å². The van der Waals surface area contributed by atoms with E-state index in [1.807, 2.05) is 0 Å². The standard InChI is InChI=1S/C11H24N2/c1-9(2)10(3)13(4)8-11-6-5-7-12-11/h9-12H,5-8H2,1-4H3/t10?,11-/m1/s1. The lowest BCUT2D eigenvalue weighted by Gasteiger charge is -2.30. The van der Waals surface area contributed by atoms with Crippen LogP contribution in [0.15, 0.2) is 0 Å². The summed E-state index contributed by atoms with van der Waals surface area (Å²) in [6.07, 6.45) is 2.71. The zero-order chi connectivity index (χ0) is 9.84. The Bertz CT molecular complexity index is 139. The van der Waals surface area contributed by atoms with Crippen molar-refractivity contribution in [3.05, 3.63) is 0 Å². The molecule has 1 unspecified atom stereocenters. The minimum absolute atomic E-state index is 0.697. The molecule has 0 spiro atoms. The van der Waals surface area contributed by atoms with Crippen LogP contribution >= 0.6 is 0 Å². The van der Waals surface area contributed by atoms with Crippen LogP contribution in [0.25, 0.3) is 0 Å². The molecular formula is C11H24N2. The maximum absolute atomic E-state index is 3.54. The predicted molar refractivity (Wildman–Crippen MR) is 58.0 cm³/mol. The van der Waals surface area contributed by atoms with E-state index in [1.54, 1.807) is 0 Å². The molecule has 0 saturated carbocycles. The Morgan fingerprint density at radius 3 is 2.54 bits per heavy atom. The Hall–Kier alpha value is -0.0800. The van der Waals surface area contributed by atoms with Crippen LogP contribution in [0.4, 0.5) is 0 Å². The van der Waals surface area contributed by atoms with E-state index in [-0.39, 0.29) is 0 Å². The van der Waals surface area contributed by atoms with Crippen LogP contribution in [-0.2, 0) is 0 Å². The van der Waals surface area contributed by atoms with Crippen molar-refractivity contribution in [3.63, 3.8) is 0 Å². The molecular weight excluding hydrogens is 160 g/mol. The zero-order valence-corrected chi connectivity index (χ0v) is 9.51. The molecule has 1 heterocycles. The minimum atomic E-state index is 0.697. The molecule has 2 heteroatoms. The van der Waals surface area contributed by atoms with E-state index in [1.165, 1.54) is 25.9 Å². The van der Waals surface area contributed by atoms with Crippen molar-refractivity contribution < 1.29 is 0 Å². The Labute approximate surface area is 82.7 Å². The first-order valence-electron chi connectivity index (χ1n) is 5.55. The van der Waals surface area contributed by atoms with Crippen molar-refractivity contribution in [3.8, 4) is 0 Å². The second kappa shape index (κ2) is 4.97. The second-order valence-electron chi connectivity index (χ2n) is 4.72. The number of rotatable bonds is 4. The van der Waals surface area contributed by atoms with Gasteiger partial charge in [-0.3, -0.25) is 0 Å². The Kier molecular flexibility index (Phi) is 4.20. The summed E-state index contributed by atoms with van der Waals surface area (Å²) in [5.74, 6) is 0.756. The van der Waals surface area contributed by atoms with E-state index in [2.05, 4.69) is 38.0 Å². The van der Waals surface area contributed by atoms with Gasteiger partial charge >= 0.3 is 0 Å². The van der Waals surface area contributed by atoms with E-state index in [9.17, 15) is 0 Å². The topological polar surface area (TPSA) is 15.3 Å². The number of hydrogen-bond donors (Lipinski definition) is 1. The summed E-state index contributed by atoms with van der Waals surface area (Å²) in [6.45, 7) is 9.33. The van der Waals surface area contributed by atoms with Crippen LogP contribution in [0.5, 0.6) is 0 Å². The van der Waals surface area contributed by atoms with Gasteiger partial charge in [0.25, 0.3) is 0 Å².